The van der Waals surface area contributed by atoms with Crippen molar-refractivity contribution in [2.45, 2.75) is 25.7 Å². The lowest BCUT2D eigenvalue weighted by molar-refractivity contribution is -0.119. The SMILES string of the molecule is O=C(CCCl)NC(=O)NCCCOCC1CC1. The van der Waals surface area contributed by atoms with E-state index in [-0.39, 0.29) is 18.2 Å². The van der Waals surface area contributed by atoms with Crippen LogP contribution in [-0.4, -0.2) is 37.6 Å². The fourth-order valence-electron chi connectivity index (χ4n) is 1.23. The van der Waals surface area contributed by atoms with Crippen LogP contribution in [0.2, 0.25) is 0 Å². The number of carbonyl (C=O) groups excluding carboxylic acids is 2. The third-order valence-corrected chi connectivity index (χ3v) is 2.56. The Morgan fingerprint density at radius 2 is 2.12 bits per heavy atom. The number of hydrogen-bond donors (Lipinski definition) is 2. The quantitative estimate of drug-likeness (QED) is 0.511. The van der Waals surface area contributed by atoms with Gasteiger partial charge in [-0.3, -0.25) is 10.1 Å². The summed E-state index contributed by atoms with van der Waals surface area (Å²) in [7, 11) is 0. The molecule has 1 saturated carbocycles. The van der Waals surface area contributed by atoms with Crippen molar-refractivity contribution in [2.24, 2.45) is 5.92 Å². The molecule has 5 nitrogen and oxygen atoms in total. The van der Waals surface area contributed by atoms with Crippen molar-refractivity contribution in [2.75, 3.05) is 25.6 Å². The summed E-state index contributed by atoms with van der Waals surface area (Å²) in [5, 5.41) is 4.77. The lowest BCUT2D eigenvalue weighted by atomic mass is 10.4. The first-order valence-corrected chi connectivity index (χ1v) is 6.47. The van der Waals surface area contributed by atoms with Gasteiger partial charge < -0.3 is 10.1 Å². The molecule has 1 rings (SSSR count). The van der Waals surface area contributed by atoms with Gasteiger partial charge >= 0.3 is 6.03 Å². The molecule has 0 aromatic rings. The summed E-state index contributed by atoms with van der Waals surface area (Å²) >= 11 is 5.36. The molecule has 2 N–H and O–H groups in total. The topological polar surface area (TPSA) is 67.4 Å². The van der Waals surface area contributed by atoms with Crippen molar-refractivity contribution in [1.29, 1.82) is 0 Å². The molecule has 17 heavy (non-hydrogen) atoms. The highest BCUT2D eigenvalue weighted by molar-refractivity contribution is 6.19. The van der Waals surface area contributed by atoms with E-state index in [0.717, 1.165) is 18.9 Å². The maximum absolute atomic E-state index is 11.2. The number of alkyl halides is 1. The second-order valence-corrected chi connectivity index (χ2v) is 4.49. The Morgan fingerprint density at radius 1 is 1.35 bits per heavy atom. The monoisotopic (exact) mass is 262 g/mol. The first kappa shape index (κ1) is 14.3. The zero-order valence-corrected chi connectivity index (χ0v) is 10.6. The largest absolute Gasteiger partial charge is 0.381 e. The summed E-state index contributed by atoms with van der Waals surface area (Å²) < 4.78 is 5.40. The minimum Gasteiger partial charge on any atom is -0.381 e. The van der Waals surface area contributed by atoms with Gasteiger partial charge in [0.05, 0.1) is 0 Å². The molecule has 1 aliphatic rings. The van der Waals surface area contributed by atoms with Crippen LogP contribution >= 0.6 is 11.6 Å². The molecule has 0 aromatic heterocycles. The molecule has 3 amide bonds. The molecule has 6 heteroatoms. The Bertz CT molecular complexity index is 257. The number of urea groups is 1. The van der Waals surface area contributed by atoms with Crippen molar-refractivity contribution < 1.29 is 14.3 Å². The fourth-order valence-corrected chi connectivity index (χ4v) is 1.40. The maximum Gasteiger partial charge on any atom is 0.321 e. The van der Waals surface area contributed by atoms with Gasteiger partial charge in [0.25, 0.3) is 0 Å². The van der Waals surface area contributed by atoms with E-state index in [1.807, 2.05) is 0 Å². The van der Waals surface area contributed by atoms with Gasteiger partial charge in [0, 0.05) is 32.1 Å². The number of hydrogen-bond acceptors (Lipinski definition) is 3. The number of nitrogens with one attached hydrogen (secondary N) is 2. The summed E-state index contributed by atoms with van der Waals surface area (Å²) in [6, 6.07) is -0.470. The molecule has 0 heterocycles. The molecule has 98 valence electrons. The van der Waals surface area contributed by atoms with Crippen LogP contribution in [-0.2, 0) is 9.53 Å². The van der Waals surface area contributed by atoms with Gasteiger partial charge in [0.15, 0.2) is 0 Å². The summed E-state index contributed by atoms with van der Waals surface area (Å²) in [5.74, 6) is 0.621. The van der Waals surface area contributed by atoms with E-state index in [4.69, 9.17) is 16.3 Å². The van der Waals surface area contributed by atoms with E-state index in [0.29, 0.717) is 13.2 Å². The standard InChI is InChI=1S/C11H19ClN2O3/c12-5-4-10(15)14-11(16)13-6-1-7-17-8-9-2-3-9/h9H,1-8H2,(H2,13,14,15,16). The molecule has 0 aromatic carbocycles. The van der Waals surface area contributed by atoms with Crippen LogP contribution in [0, 0.1) is 5.92 Å². The van der Waals surface area contributed by atoms with Crippen LogP contribution in [0.15, 0.2) is 0 Å². The first-order chi connectivity index (χ1) is 8.22. The van der Waals surface area contributed by atoms with Gasteiger partial charge in [-0.2, -0.15) is 0 Å². The molecule has 0 bridgehead atoms. The predicted octanol–water partition coefficient (Wildman–Crippen LogP) is 1.26. The molecule has 1 fully saturated rings. The van der Waals surface area contributed by atoms with Crippen molar-refractivity contribution in [3.63, 3.8) is 0 Å². The molecular formula is C11H19ClN2O3. The summed E-state index contributed by atoms with van der Waals surface area (Å²) in [6.45, 7) is 1.98. The second kappa shape index (κ2) is 8.31. The van der Waals surface area contributed by atoms with Crippen LogP contribution in [0.3, 0.4) is 0 Å². The van der Waals surface area contributed by atoms with Gasteiger partial charge in [-0.05, 0) is 25.2 Å². The number of carbonyl (C=O) groups is 2. The van der Waals surface area contributed by atoms with E-state index >= 15 is 0 Å². The van der Waals surface area contributed by atoms with Gasteiger partial charge in [-0.15, -0.1) is 11.6 Å². The average molecular weight is 263 g/mol. The maximum atomic E-state index is 11.2. The summed E-state index contributed by atoms with van der Waals surface area (Å²) in [6.07, 6.45) is 3.47. The van der Waals surface area contributed by atoms with E-state index in [1.54, 1.807) is 0 Å². The second-order valence-electron chi connectivity index (χ2n) is 4.11. The Labute approximate surface area is 106 Å². The Morgan fingerprint density at radius 3 is 2.76 bits per heavy atom. The predicted molar refractivity (Wildman–Crippen MR) is 65.0 cm³/mol. The van der Waals surface area contributed by atoms with Gasteiger partial charge in [0.1, 0.15) is 0 Å². The Hall–Kier alpha value is -0.810. The number of rotatable bonds is 8. The Balaban J connectivity index is 1.86. The molecular weight excluding hydrogens is 244 g/mol. The van der Waals surface area contributed by atoms with Gasteiger partial charge in [-0.1, -0.05) is 0 Å². The van der Waals surface area contributed by atoms with Gasteiger partial charge in [0.2, 0.25) is 5.91 Å². The zero-order chi connectivity index (χ0) is 12.5. The minimum absolute atomic E-state index is 0.152. The number of ether oxygens (including phenoxy) is 1. The minimum atomic E-state index is -0.470. The summed E-state index contributed by atoms with van der Waals surface area (Å²) in [4.78, 5) is 22.1. The highest BCUT2D eigenvalue weighted by Crippen LogP contribution is 2.28. The smallest absolute Gasteiger partial charge is 0.321 e. The molecule has 0 atom stereocenters. The molecule has 0 aliphatic heterocycles. The van der Waals surface area contributed by atoms with Crippen LogP contribution in [0.1, 0.15) is 25.7 Å². The fraction of sp³-hybridized carbons (Fsp3) is 0.818. The molecule has 0 spiro atoms. The normalized spacial score (nSPS) is 14.4. The summed E-state index contributed by atoms with van der Waals surface area (Å²) in [5.41, 5.74) is 0. The van der Waals surface area contributed by atoms with E-state index in [1.165, 1.54) is 12.8 Å². The average Bonchev–Trinajstić information content (AvgIpc) is 3.07. The van der Waals surface area contributed by atoms with Gasteiger partial charge in [-0.25, -0.2) is 4.79 Å². The lowest BCUT2D eigenvalue weighted by Gasteiger charge is -2.06. The van der Waals surface area contributed by atoms with Crippen molar-refractivity contribution >= 4 is 23.5 Å². The number of halogens is 1. The molecule has 0 unspecified atom stereocenters. The number of amides is 3. The van der Waals surface area contributed by atoms with Crippen LogP contribution in [0.4, 0.5) is 4.79 Å². The first-order valence-electron chi connectivity index (χ1n) is 5.93. The molecule has 0 radical (unpaired) electrons. The van der Waals surface area contributed by atoms with Crippen molar-refractivity contribution in [1.82, 2.24) is 10.6 Å². The number of imide groups is 1. The van der Waals surface area contributed by atoms with E-state index in [9.17, 15) is 9.59 Å². The lowest BCUT2D eigenvalue weighted by Crippen LogP contribution is -2.40. The molecule has 1 aliphatic carbocycles. The third kappa shape index (κ3) is 7.99. The van der Waals surface area contributed by atoms with E-state index < -0.39 is 6.03 Å². The highest BCUT2D eigenvalue weighted by Gasteiger charge is 2.20. The van der Waals surface area contributed by atoms with Crippen molar-refractivity contribution in [3.05, 3.63) is 0 Å². The van der Waals surface area contributed by atoms with E-state index in [2.05, 4.69) is 10.6 Å². The third-order valence-electron chi connectivity index (χ3n) is 2.38. The Kier molecular flexibility index (Phi) is 6.96. The van der Waals surface area contributed by atoms with Crippen LogP contribution < -0.4 is 10.6 Å². The van der Waals surface area contributed by atoms with Crippen LogP contribution in [0.25, 0.3) is 0 Å². The molecule has 0 saturated heterocycles. The zero-order valence-electron chi connectivity index (χ0n) is 9.84. The van der Waals surface area contributed by atoms with Crippen molar-refractivity contribution in [3.8, 4) is 0 Å². The van der Waals surface area contributed by atoms with Crippen LogP contribution in [0.5, 0.6) is 0 Å². The highest BCUT2D eigenvalue weighted by atomic mass is 35.5.